The second kappa shape index (κ2) is 4.20. The summed E-state index contributed by atoms with van der Waals surface area (Å²) in [6.07, 6.45) is 3.92. The van der Waals surface area contributed by atoms with E-state index in [1.807, 2.05) is 0 Å². The van der Waals surface area contributed by atoms with E-state index in [9.17, 15) is 4.79 Å². The average Bonchev–Trinajstić information content (AvgIpc) is 2.82. The van der Waals surface area contributed by atoms with Gasteiger partial charge in [-0.25, -0.2) is 4.79 Å². The Labute approximate surface area is 114 Å². The molecule has 0 aromatic rings. The number of ether oxygens (including phenoxy) is 2. The molecule has 104 valence electrons. The Hall–Kier alpha value is -1.09. The zero-order valence-corrected chi connectivity index (χ0v) is 11.8. The predicted octanol–water partition coefficient (Wildman–Crippen LogP) is 2.87. The van der Waals surface area contributed by atoms with Crippen LogP contribution in [-0.2, 0) is 14.3 Å². The highest BCUT2D eigenvalue weighted by Gasteiger charge is 2.57. The Morgan fingerprint density at radius 1 is 1.32 bits per heavy atom. The molecule has 3 aliphatic rings. The zero-order valence-electron chi connectivity index (χ0n) is 11.8. The van der Waals surface area contributed by atoms with Gasteiger partial charge in [0.1, 0.15) is 6.10 Å². The second-order valence-corrected chi connectivity index (χ2v) is 6.39. The molecular weight excluding hydrogens is 240 g/mol. The number of rotatable bonds is 1. The number of methoxy groups -OCH3 is 1. The zero-order chi connectivity index (χ0) is 13.8. The Bertz CT molecular complexity index is 453. The summed E-state index contributed by atoms with van der Waals surface area (Å²) >= 11 is 0. The molecule has 5 atom stereocenters. The quantitative estimate of drug-likeness (QED) is 0.414. The lowest BCUT2D eigenvalue weighted by molar-refractivity contribution is -0.148. The van der Waals surface area contributed by atoms with Crippen LogP contribution < -0.4 is 0 Å². The minimum absolute atomic E-state index is 0.0725. The predicted molar refractivity (Wildman–Crippen MR) is 72.5 cm³/mol. The molecule has 0 aromatic heterocycles. The van der Waals surface area contributed by atoms with Crippen molar-refractivity contribution in [1.29, 1.82) is 0 Å². The topological polar surface area (TPSA) is 35.5 Å². The van der Waals surface area contributed by atoms with Gasteiger partial charge in [0.15, 0.2) is 0 Å². The number of fused-ring (bicyclic) bond motifs is 3. The van der Waals surface area contributed by atoms with E-state index in [1.165, 1.54) is 5.57 Å². The molecule has 3 rings (SSSR count). The van der Waals surface area contributed by atoms with Crippen LogP contribution in [0.2, 0.25) is 0 Å². The van der Waals surface area contributed by atoms with Crippen molar-refractivity contribution in [3.63, 3.8) is 0 Å². The molecule has 1 saturated heterocycles. The highest BCUT2D eigenvalue weighted by atomic mass is 16.6. The van der Waals surface area contributed by atoms with E-state index < -0.39 is 0 Å². The minimum Gasteiger partial charge on any atom is -0.458 e. The molecule has 1 heterocycles. The lowest BCUT2D eigenvalue weighted by atomic mass is 9.77. The lowest BCUT2D eigenvalue weighted by Crippen LogP contribution is -2.43. The molecule has 0 N–H and O–H groups in total. The van der Waals surface area contributed by atoms with E-state index >= 15 is 0 Å². The van der Waals surface area contributed by atoms with Crippen LogP contribution >= 0.6 is 0 Å². The molecule has 3 fully saturated rings. The van der Waals surface area contributed by atoms with E-state index in [4.69, 9.17) is 9.47 Å². The maximum absolute atomic E-state index is 11.8. The maximum atomic E-state index is 11.8. The van der Waals surface area contributed by atoms with Crippen molar-refractivity contribution >= 4 is 5.97 Å². The van der Waals surface area contributed by atoms with Crippen LogP contribution in [0.25, 0.3) is 0 Å². The van der Waals surface area contributed by atoms with Crippen molar-refractivity contribution in [3.8, 4) is 0 Å². The third-order valence-corrected chi connectivity index (χ3v) is 5.56. The van der Waals surface area contributed by atoms with E-state index in [0.717, 1.165) is 25.7 Å². The van der Waals surface area contributed by atoms with Crippen LogP contribution in [0.5, 0.6) is 0 Å². The van der Waals surface area contributed by atoms with Crippen molar-refractivity contribution in [2.75, 3.05) is 7.11 Å². The molecule has 19 heavy (non-hydrogen) atoms. The molecule has 3 heteroatoms. The third-order valence-electron chi connectivity index (χ3n) is 5.56. The SMILES string of the molecule is C=C1C(=O)O[C@@H]2[C@@H]3[C@@H](CC[C@]3(C)OC)C(=C)CC[C@@H]12. The number of hydrogen-bond acceptors (Lipinski definition) is 3. The standard InChI is InChI=1S/C16H22O3/c1-9-5-6-12-10(2)15(17)19-14(12)13-11(9)7-8-16(13,3)18-4/h11-14H,1-2,5-8H2,3-4H3/t11-,12-,13-,14-,16-/m0/s1. The Morgan fingerprint density at radius 2 is 2.05 bits per heavy atom. The van der Waals surface area contributed by atoms with Crippen molar-refractivity contribution in [1.82, 2.24) is 0 Å². The van der Waals surface area contributed by atoms with Crippen molar-refractivity contribution in [2.24, 2.45) is 17.8 Å². The van der Waals surface area contributed by atoms with Gasteiger partial charge >= 0.3 is 5.97 Å². The minimum atomic E-state index is -0.217. The van der Waals surface area contributed by atoms with Crippen molar-refractivity contribution < 1.29 is 14.3 Å². The summed E-state index contributed by atoms with van der Waals surface area (Å²) in [5.41, 5.74) is 1.72. The van der Waals surface area contributed by atoms with Gasteiger partial charge < -0.3 is 9.47 Å². The fourth-order valence-electron chi connectivity index (χ4n) is 4.31. The van der Waals surface area contributed by atoms with Gasteiger partial charge in [0, 0.05) is 24.5 Å². The fourth-order valence-corrected chi connectivity index (χ4v) is 4.31. The number of carbonyl (C=O) groups excluding carboxylic acids is 1. The van der Waals surface area contributed by atoms with Crippen LogP contribution in [-0.4, -0.2) is 24.8 Å². The molecule has 0 amide bonds. The van der Waals surface area contributed by atoms with Gasteiger partial charge in [-0.05, 0) is 38.5 Å². The van der Waals surface area contributed by atoms with Crippen molar-refractivity contribution in [3.05, 3.63) is 24.3 Å². The molecule has 0 bridgehead atoms. The number of carbonyl (C=O) groups is 1. The normalized spacial score (nSPS) is 45.7. The third kappa shape index (κ3) is 1.71. The molecular formula is C16H22O3. The molecule has 3 nitrogen and oxygen atoms in total. The first-order valence-electron chi connectivity index (χ1n) is 7.10. The molecule has 1 aliphatic heterocycles. The van der Waals surface area contributed by atoms with Gasteiger partial charge in [-0.1, -0.05) is 18.7 Å². The second-order valence-electron chi connectivity index (χ2n) is 6.39. The molecule has 0 aromatic carbocycles. The van der Waals surface area contributed by atoms with Gasteiger partial charge in [-0.3, -0.25) is 0 Å². The van der Waals surface area contributed by atoms with E-state index in [0.29, 0.717) is 11.5 Å². The van der Waals surface area contributed by atoms with Gasteiger partial charge in [-0.15, -0.1) is 0 Å². The molecule has 0 spiro atoms. The summed E-state index contributed by atoms with van der Waals surface area (Å²) in [4.78, 5) is 11.8. The summed E-state index contributed by atoms with van der Waals surface area (Å²) in [6.45, 7) is 10.3. The molecule has 2 saturated carbocycles. The summed E-state index contributed by atoms with van der Waals surface area (Å²) in [6, 6.07) is 0. The first-order valence-corrected chi connectivity index (χ1v) is 7.10. The first kappa shape index (κ1) is 12.9. The van der Waals surface area contributed by atoms with Crippen LogP contribution in [0, 0.1) is 17.8 Å². The molecule has 2 aliphatic carbocycles. The smallest absolute Gasteiger partial charge is 0.334 e. The van der Waals surface area contributed by atoms with Crippen LogP contribution in [0.4, 0.5) is 0 Å². The summed E-state index contributed by atoms with van der Waals surface area (Å²) < 4.78 is 11.4. The van der Waals surface area contributed by atoms with Crippen LogP contribution in [0.15, 0.2) is 24.3 Å². The number of esters is 1. The average molecular weight is 262 g/mol. The molecule has 0 unspecified atom stereocenters. The van der Waals surface area contributed by atoms with Crippen LogP contribution in [0.3, 0.4) is 0 Å². The monoisotopic (exact) mass is 262 g/mol. The van der Waals surface area contributed by atoms with Gasteiger partial charge in [0.25, 0.3) is 0 Å². The van der Waals surface area contributed by atoms with Gasteiger partial charge in [0.2, 0.25) is 0 Å². The Balaban J connectivity index is 2.02. The van der Waals surface area contributed by atoms with E-state index in [-0.39, 0.29) is 29.5 Å². The van der Waals surface area contributed by atoms with E-state index in [2.05, 4.69) is 20.1 Å². The summed E-state index contributed by atoms with van der Waals surface area (Å²) in [5, 5.41) is 0. The Morgan fingerprint density at radius 3 is 2.74 bits per heavy atom. The number of hydrogen-bond donors (Lipinski definition) is 0. The molecule has 0 radical (unpaired) electrons. The van der Waals surface area contributed by atoms with Gasteiger partial charge in [-0.2, -0.15) is 0 Å². The lowest BCUT2D eigenvalue weighted by Gasteiger charge is -2.36. The van der Waals surface area contributed by atoms with E-state index in [1.54, 1.807) is 7.11 Å². The highest BCUT2D eigenvalue weighted by Crippen LogP contribution is 2.54. The summed E-state index contributed by atoms with van der Waals surface area (Å²) in [7, 11) is 1.76. The highest BCUT2D eigenvalue weighted by molar-refractivity contribution is 5.90. The summed E-state index contributed by atoms with van der Waals surface area (Å²) in [5.74, 6) is 0.567. The Kier molecular flexibility index (Phi) is 2.86. The maximum Gasteiger partial charge on any atom is 0.334 e. The van der Waals surface area contributed by atoms with Gasteiger partial charge in [0.05, 0.1) is 5.60 Å². The first-order chi connectivity index (χ1) is 8.98. The largest absolute Gasteiger partial charge is 0.458 e. The van der Waals surface area contributed by atoms with Crippen molar-refractivity contribution in [2.45, 2.75) is 44.3 Å². The number of allylic oxidation sites excluding steroid dienone is 1. The van der Waals surface area contributed by atoms with Crippen LogP contribution in [0.1, 0.15) is 32.6 Å². The fraction of sp³-hybridized carbons (Fsp3) is 0.688.